The van der Waals surface area contributed by atoms with Crippen LogP contribution in [0.5, 0.6) is 0 Å². The Morgan fingerprint density at radius 2 is 1.54 bits per heavy atom. The molecular weight excluding hydrogens is 482 g/mol. The maximum Gasteiger partial charge on any atom is 0.241 e. The summed E-state index contributed by atoms with van der Waals surface area (Å²) >= 11 is 0. The second kappa shape index (κ2) is 8.55. The smallest absolute Gasteiger partial charge is 0.241 e. The fourth-order valence-electron chi connectivity index (χ4n) is 5.74. The largest absolute Gasteiger partial charge is 0.387 e. The second-order valence-corrected chi connectivity index (χ2v) is 13.2. The van der Waals surface area contributed by atoms with Crippen molar-refractivity contribution in [1.82, 2.24) is 4.72 Å². The van der Waals surface area contributed by atoms with Gasteiger partial charge in [-0.25, -0.2) is 21.6 Å². The molecular formula is C27H29NO5S2. The van der Waals surface area contributed by atoms with Crippen LogP contribution < -0.4 is 4.72 Å². The van der Waals surface area contributed by atoms with Crippen LogP contribution in [-0.2, 0) is 25.3 Å². The highest BCUT2D eigenvalue weighted by molar-refractivity contribution is 7.92. The number of sulfonamides is 1. The lowest BCUT2D eigenvalue weighted by Crippen LogP contribution is -2.38. The molecule has 2 N–H and O–H groups in total. The fraction of sp³-hybridized carbons (Fsp3) is 0.333. The molecule has 0 saturated heterocycles. The van der Waals surface area contributed by atoms with Gasteiger partial charge in [0.1, 0.15) is 0 Å². The Balaban J connectivity index is 1.60. The van der Waals surface area contributed by atoms with Crippen molar-refractivity contribution in [2.75, 3.05) is 0 Å². The van der Waals surface area contributed by atoms with Crippen molar-refractivity contribution in [3.63, 3.8) is 0 Å². The number of fused-ring (bicyclic) bond motifs is 4. The summed E-state index contributed by atoms with van der Waals surface area (Å²) in [5.74, 6) is 0. The Kier molecular flexibility index (Phi) is 5.91. The molecule has 0 radical (unpaired) electrons. The highest BCUT2D eigenvalue weighted by atomic mass is 32.2. The Morgan fingerprint density at radius 3 is 2.23 bits per heavy atom. The molecule has 2 aliphatic rings. The number of sulfone groups is 1. The number of aryl methyl sites for hydroxylation is 1. The SMILES string of the molecule is Cc1cc2c(cc1S(=O)(=O)NC(C)C(O)c1ccccc1)S(=O)(=O)c1ccccc1C21CCCC1. The van der Waals surface area contributed by atoms with E-state index >= 15 is 0 Å². The van der Waals surface area contributed by atoms with Gasteiger partial charge >= 0.3 is 0 Å². The first-order valence-electron chi connectivity index (χ1n) is 11.8. The number of rotatable bonds is 5. The monoisotopic (exact) mass is 511 g/mol. The molecule has 0 bridgehead atoms. The maximum atomic E-state index is 13.7. The van der Waals surface area contributed by atoms with Gasteiger partial charge in [0.25, 0.3) is 0 Å². The normalized spacial score (nSPS) is 19.6. The van der Waals surface area contributed by atoms with Crippen LogP contribution in [-0.4, -0.2) is 28.0 Å². The Bertz CT molecular complexity index is 1490. The van der Waals surface area contributed by atoms with Crippen LogP contribution in [0.15, 0.2) is 81.4 Å². The molecule has 1 spiro atoms. The number of hydrogen-bond acceptors (Lipinski definition) is 5. The van der Waals surface area contributed by atoms with Crippen molar-refractivity contribution in [3.8, 4) is 0 Å². The number of aliphatic hydroxyl groups is 1. The molecule has 8 heteroatoms. The van der Waals surface area contributed by atoms with E-state index in [0.29, 0.717) is 16.7 Å². The molecule has 1 saturated carbocycles. The topological polar surface area (TPSA) is 101 Å². The highest BCUT2D eigenvalue weighted by Crippen LogP contribution is 2.54. The minimum absolute atomic E-state index is 0.0698. The first-order valence-corrected chi connectivity index (χ1v) is 14.8. The van der Waals surface area contributed by atoms with Crippen molar-refractivity contribution in [2.45, 2.75) is 71.8 Å². The number of hydrogen-bond donors (Lipinski definition) is 2. The van der Waals surface area contributed by atoms with Gasteiger partial charge in [0.15, 0.2) is 0 Å². The summed E-state index contributed by atoms with van der Waals surface area (Å²) in [5, 5.41) is 10.7. The van der Waals surface area contributed by atoms with Gasteiger partial charge in [-0.1, -0.05) is 67.4 Å². The van der Waals surface area contributed by atoms with E-state index in [1.807, 2.05) is 18.2 Å². The minimum atomic E-state index is -4.11. The zero-order valence-corrected chi connectivity index (χ0v) is 21.4. The predicted octanol–water partition coefficient (Wildman–Crippen LogP) is 4.40. The second-order valence-electron chi connectivity index (χ2n) is 9.67. The van der Waals surface area contributed by atoms with Crippen LogP contribution in [0.2, 0.25) is 0 Å². The van der Waals surface area contributed by atoms with E-state index < -0.39 is 37.4 Å². The van der Waals surface area contributed by atoms with Gasteiger partial charge in [0.05, 0.1) is 20.8 Å². The van der Waals surface area contributed by atoms with E-state index in [4.69, 9.17) is 0 Å². The lowest BCUT2D eigenvalue weighted by atomic mass is 9.72. The molecule has 1 fully saturated rings. The average Bonchev–Trinajstić information content (AvgIpc) is 3.33. The van der Waals surface area contributed by atoms with Crippen LogP contribution in [0.25, 0.3) is 0 Å². The first-order chi connectivity index (χ1) is 16.6. The van der Waals surface area contributed by atoms with Crippen molar-refractivity contribution in [2.24, 2.45) is 0 Å². The molecule has 1 heterocycles. The summed E-state index contributed by atoms with van der Waals surface area (Å²) in [6.45, 7) is 3.28. The molecule has 2 unspecified atom stereocenters. The molecule has 5 rings (SSSR count). The summed E-state index contributed by atoms with van der Waals surface area (Å²) in [6.07, 6.45) is 2.58. The third-order valence-electron chi connectivity index (χ3n) is 7.48. The molecule has 2 atom stereocenters. The molecule has 1 aliphatic heterocycles. The third kappa shape index (κ3) is 3.83. The van der Waals surface area contributed by atoms with Gasteiger partial charge < -0.3 is 5.11 Å². The van der Waals surface area contributed by atoms with Crippen LogP contribution in [0.3, 0.4) is 0 Å². The zero-order valence-electron chi connectivity index (χ0n) is 19.7. The van der Waals surface area contributed by atoms with E-state index in [9.17, 15) is 21.9 Å². The van der Waals surface area contributed by atoms with E-state index in [1.165, 1.54) is 6.07 Å². The number of aliphatic hydroxyl groups excluding tert-OH is 1. The molecule has 184 valence electrons. The Morgan fingerprint density at radius 1 is 0.914 bits per heavy atom. The summed E-state index contributed by atoms with van der Waals surface area (Å²) < 4.78 is 56.8. The van der Waals surface area contributed by atoms with Gasteiger partial charge in [0, 0.05) is 11.5 Å². The zero-order chi connectivity index (χ0) is 25.0. The first kappa shape index (κ1) is 24.2. The van der Waals surface area contributed by atoms with Crippen LogP contribution in [0.1, 0.15) is 61.0 Å². The lowest BCUT2D eigenvalue weighted by Gasteiger charge is -2.38. The average molecular weight is 512 g/mol. The lowest BCUT2D eigenvalue weighted by molar-refractivity contribution is 0.146. The Hall–Kier alpha value is -2.52. The van der Waals surface area contributed by atoms with Gasteiger partial charge in [-0.05, 0) is 61.1 Å². The van der Waals surface area contributed by atoms with E-state index in [2.05, 4.69) is 4.72 Å². The predicted molar refractivity (Wildman–Crippen MR) is 134 cm³/mol. The highest BCUT2D eigenvalue weighted by Gasteiger charge is 2.48. The maximum absolute atomic E-state index is 13.7. The van der Waals surface area contributed by atoms with E-state index in [1.54, 1.807) is 56.3 Å². The van der Waals surface area contributed by atoms with Crippen molar-refractivity contribution in [3.05, 3.63) is 89.0 Å². The van der Waals surface area contributed by atoms with Crippen LogP contribution in [0, 0.1) is 6.92 Å². The molecule has 3 aromatic rings. The van der Waals surface area contributed by atoms with Crippen LogP contribution in [0.4, 0.5) is 0 Å². The van der Waals surface area contributed by atoms with Crippen molar-refractivity contribution < 1.29 is 21.9 Å². The Labute approximate surface area is 207 Å². The van der Waals surface area contributed by atoms with Gasteiger partial charge in [0.2, 0.25) is 19.9 Å². The molecule has 0 amide bonds. The van der Waals surface area contributed by atoms with Crippen LogP contribution >= 0.6 is 0 Å². The molecule has 0 aromatic heterocycles. The molecule has 3 aromatic carbocycles. The standard InChI is InChI=1S/C27H29NO5S2/c1-18-16-22-25(34(30,31)23-13-7-6-12-21(23)27(22)14-8-9-15-27)17-24(18)35(32,33)28-19(2)26(29)20-10-4-3-5-11-20/h3-7,10-13,16-17,19,26,28-29H,8-9,14-15H2,1-2H3. The summed E-state index contributed by atoms with van der Waals surface area (Å²) in [6, 6.07) is 18.2. The van der Waals surface area contributed by atoms with Gasteiger partial charge in [-0.15, -0.1) is 0 Å². The fourth-order valence-corrected chi connectivity index (χ4v) is 9.18. The van der Waals surface area contributed by atoms with E-state index in [-0.39, 0.29) is 14.7 Å². The van der Waals surface area contributed by atoms with Gasteiger partial charge in [-0.2, -0.15) is 0 Å². The number of benzene rings is 3. The summed E-state index contributed by atoms with van der Waals surface area (Å²) in [4.78, 5) is 0.252. The number of nitrogens with one attached hydrogen (secondary N) is 1. The van der Waals surface area contributed by atoms with E-state index in [0.717, 1.165) is 31.2 Å². The minimum Gasteiger partial charge on any atom is -0.387 e. The van der Waals surface area contributed by atoms with Crippen molar-refractivity contribution >= 4 is 19.9 Å². The molecule has 35 heavy (non-hydrogen) atoms. The van der Waals surface area contributed by atoms with Gasteiger partial charge in [-0.3, -0.25) is 0 Å². The molecule has 6 nitrogen and oxygen atoms in total. The summed E-state index contributed by atoms with van der Waals surface area (Å²) in [7, 11) is -8.01. The molecule has 1 aliphatic carbocycles. The van der Waals surface area contributed by atoms with Crippen molar-refractivity contribution in [1.29, 1.82) is 0 Å². The third-order valence-corrected chi connectivity index (χ3v) is 11.0. The quantitative estimate of drug-likeness (QED) is 0.529. The summed E-state index contributed by atoms with van der Waals surface area (Å²) in [5.41, 5.74) is 2.17.